The number of nitrogens with zero attached hydrogens (tertiary/aromatic N) is 1. The van der Waals surface area contributed by atoms with Crippen LogP contribution in [0.25, 0.3) is 6.08 Å². The van der Waals surface area contributed by atoms with E-state index in [-0.39, 0.29) is 0 Å². The standard InChI is InChI=1S/C15H20BrNO4/c1-20-9-7-17(8-10-21-2)14-5-4-13(16)11-12(14)3-6-15(18)19/h3-6,11H,7-10H2,1-2H3,(H,18,19)/b6-3+. The summed E-state index contributed by atoms with van der Waals surface area (Å²) in [4.78, 5) is 12.8. The maximum atomic E-state index is 10.7. The van der Waals surface area contributed by atoms with Crippen molar-refractivity contribution in [3.8, 4) is 0 Å². The summed E-state index contributed by atoms with van der Waals surface area (Å²) in [6.45, 7) is 2.58. The highest BCUT2D eigenvalue weighted by Crippen LogP contribution is 2.26. The first-order valence-corrected chi connectivity index (χ1v) is 7.31. The number of benzene rings is 1. The number of anilines is 1. The average molecular weight is 358 g/mol. The van der Waals surface area contributed by atoms with Gasteiger partial charge in [-0.1, -0.05) is 15.9 Å². The van der Waals surface area contributed by atoms with Crippen LogP contribution in [-0.4, -0.2) is 51.6 Å². The first-order valence-electron chi connectivity index (χ1n) is 6.52. The van der Waals surface area contributed by atoms with E-state index in [1.54, 1.807) is 20.3 Å². The molecule has 0 aliphatic heterocycles. The fraction of sp³-hybridized carbons (Fsp3) is 0.400. The summed E-state index contributed by atoms with van der Waals surface area (Å²) in [5.41, 5.74) is 1.78. The second-order valence-corrected chi connectivity index (χ2v) is 5.26. The molecule has 0 heterocycles. The monoisotopic (exact) mass is 357 g/mol. The van der Waals surface area contributed by atoms with E-state index in [2.05, 4.69) is 20.8 Å². The molecule has 0 radical (unpaired) electrons. The molecular formula is C15H20BrNO4. The van der Waals surface area contributed by atoms with Gasteiger partial charge in [-0.05, 0) is 29.8 Å². The summed E-state index contributed by atoms with van der Waals surface area (Å²) in [6, 6.07) is 5.78. The largest absolute Gasteiger partial charge is 0.478 e. The Hall–Kier alpha value is -1.37. The number of rotatable bonds is 9. The second-order valence-electron chi connectivity index (χ2n) is 4.35. The van der Waals surface area contributed by atoms with Crippen molar-refractivity contribution in [3.63, 3.8) is 0 Å². The minimum atomic E-state index is -0.971. The SMILES string of the molecule is COCCN(CCOC)c1ccc(Br)cc1/C=C/C(=O)O. The highest BCUT2D eigenvalue weighted by Gasteiger charge is 2.10. The molecule has 0 aromatic heterocycles. The Morgan fingerprint density at radius 3 is 2.43 bits per heavy atom. The van der Waals surface area contributed by atoms with Crippen LogP contribution in [0.3, 0.4) is 0 Å². The van der Waals surface area contributed by atoms with Gasteiger partial charge in [0.2, 0.25) is 0 Å². The maximum absolute atomic E-state index is 10.7. The summed E-state index contributed by atoms with van der Waals surface area (Å²) >= 11 is 3.41. The van der Waals surface area contributed by atoms with Crippen LogP contribution in [0.4, 0.5) is 5.69 Å². The molecule has 0 spiro atoms. The molecule has 1 N–H and O–H groups in total. The lowest BCUT2D eigenvalue weighted by Gasteiger charge is -2.26. The molecule has 1 aromatic carbocycles. The van der Waals surface area contributed by atoms with E-state index in [9.17, 15) is 4.79 Å². The van der Waals surface area contributed by atoms with Crippen molar-refractivity contribution in [2.45, 2.75) is 0 Å². The van der Waals surface area contributed by atoms with Crippen LogP contribution in [0.2, 0.25) is 0 Å². The highest BCUT2D eigenvalue weighted by molar-refractivity contribution is 9.10. The zero-order valence-corrected chi connectivity index (χ0v) is 13.8. The fourth-order valence-electron chi connectivity index (χ4n) is 1.86. The van der Waals surface area contributed by atoms with Gasteiger partial charge in [-0.2, -0.15) is 0 Å². The Morgan fingerprint density at radius 2 is 1.90 bits per heavy atom. The molecule has 21 heavy (non-hydrogen) atoms. The number of methoxy groups -OCH3 is 2. The molecule has 5 nitrogen and oxygen atoms in total. The number of ether oxygens (including phenoxy) is 2. The third kappa shape index (κ3) is 6.29. The predicted molar refractivity (Wildman–Crippen MR) is 86.8 cm³/mol. The van der Waals surface area contributed by atoms with Gasteiger partial charge in [0.25, 0.3) is 0 Å². The fourth-order valence-corrected chi connectivity index (χ4v) is 2.24. The van der Waals surface area contributed by atoms with Gasteiger partial charge in [0, 0.05) is 43.5 Å². The number of carboxylic acids is 1. The van der Waals surface area contributed by atoms with Crippen LogP contribution in [0.1, 0.15) is 5.56 Å². The summed E-state index contributed by atoms with van der Waals surface area (Å²) in [7, 11) is 3.31. The Bertz CT molecular complexity index is 483. The molecule has 1 rings (SSSR count). The molecule has 0 saturated heterocycles. The van der Waals surface area contributed by atoms with Gasteiger partial charge in [-0.3, -0.25) is 0 Å². The molecule has 0 unspecified atom stereocenters. The highest BCUT2D eigenvalue weighted by atomic mass is 79.9. The topological polar surface area (TPSA) is 59.0 Å². The third-order valence-corrected chi connectivity index (χ3v) is 3.36. The number of aliphatic carboxylic acids is 1. The zero-order valence-electron chi connectivity index (χ0n) is 12.2. The molecule has 1 aromatic rings. The number of carbonyl (C=O) groups is 1. The molecule has 0 amide bonds. The molecule has 0 saturated carbocycles. The van der Waals surface area contributed by atoms with Gasteiger partial charge in [-0.25, -0.2) is 4.79 Å². The van der Waals surface area contributed by atoms with Crippen molar-refractivity contribution < 1.29 is 19.4 Å². The van der Waals surface area contributed by atoms with Crippen LogP contribution in [0, 0.1) is 0 Å². The van der Waals surface area contributed by atoms with Gasteiger partial charge >= 0.3 is 5.97 Å². The van der Waals surface area contributed by atoms with Crippen LogP contribution in [-0.2, 0) is 14.3 Å². The van der Waals surface area contributed by atoms with Gasteiger partial charge in [0.1, 0.15) is 0 Å². The quantitative estimate of drug-likeness (QED) is 0.688. The number of carboxylic acid groups (broad SMARTS) is 1. The average Bonchev–Trinajstić information content (AvgIpc) is 2.46. The van der Waals surface area contributed by atoms with Crippen molar-refractivity contribution in [2.24, 2.45) is 0 Å². The second kappa shape index (κ2) is 9.55. The molecule has 116 valence electrons. The van der Waals surface area contributed by atoms with Crippen LogP contribution in [0.5, 0.6) is 0 Å². The van der Waals surface area contributed by atoms with Gasteiger partial charge in [-0.15, -0.1) is 0 Å². The van der Waals surface area contributed by atoms with Crippen molar-refractivity contribution in [3.05, 3.63) is 34.3 Å². The van der Waals surface area contributed by atoms with Gasteiger partial charge in [0.05, 0.1) is 13.2 Å². The van der Waals surface area contributed by atoms with Crippen LogP contribution < -0.4 is 4.90 Å². The number of hydrogen-bond acceptors (Lipinski definition) is 4. The van der Waals surface area contributed by atoms with Gasteiger partial charge < -0.3 is 19.5 Å². The van der Waals surface area contributed by atoms with E-state index in [1.165, 1.54) is 0 Å². The van der Waals surface area contributed by atoms with Crippen molar-refractivity contribution in [1.82, 2.24) is 0 Å². The smallest absolute Gasteiger partial charge is 0.328 e. The molecule has 0 bridgehead atoms. The predicted octanol–water partition coefficient (Wildman–Crippen LogP) is 2.65. The zero-order chi connectivity index (χ0) is 15.7. The first kappa shape index (κ1) is 17.7. The van der Waals surface area contributed by atoms with Gasteiger partial charge in [0.15, 0.2) is 0 Å². The Labute approximate surface area is 133 Å². The van der Waals surface area contributed by atoms with E-state index in [1.807, 2.05) is 18.2 Å². The van der Waals surface area contributed by atoms with Crippen LogP contribution >= 0.6 is 15.9 Å². The number of halogens is 1. The molecular weight excluding hydrogens is 338 g/mol. The van der Waals surface area contributed by atoms with Crippen molar-refractivity contribution >= 4 is 33.7 Å². The minimum absolute atomic E-state index is 0.585. The van der Waals surface area contributed by atoms with Crippen molar-refractivity contribution in [1.29, 1.82) is 0 Å². The summed E-state index contributed by atoms with van der Waals surface area (Å²) in [6.07, 6.45) is 2.73. The molecule has 0 atom stereocenters. The lowest BCUT2D eigenvalue weighted by atomic mass is 10.1. The Balaban J connectivity index is 3.06. The molecule has 6 heteroatoms. The minimum Gasteiger partial charge on any atom is -0.478 e. The Morgan fingerprint density at radius 1 is 1.29 bits per heavy atom. The summed E-state index contributed by atoms with van der Waals surface area (Å²) < 4.78 is 11.2. The summed E-state index contributed by atoms with van der Waals surface area (Å²) in [5, 5.41) is 8.80. The molecule has 0 aliphatic rings. The lowest BCUT2D eigenvalue weighted by Crippen LogP contribution is -2.31. The Kier molecular flexibility index (Phi) is 8.04. The first-order chi connectivity index (χ1) is 10.1. The van der Waals surface area contributed by atoms with Crippen molar-refractivity contribution in [2.75, 3.05) is 45.4 Å². The van der Waals surface area contributed by atoms with E-state index in [4.69, 9.17) is 14.6 Å². The van der Waals surface area contributed by atoms with E-state index in [0.29, 0.717) is 26.3 Å². The normalized spacial score (nSPS) is 11.0. The van der Waals surface area contributed by atoms with E-state index in [0.717, 1.165) is 21.8 Å². The number of hydrogen-bond donors (Lipinski definition) is 1. The maximum Gasteiger partial charge on any atom is 0.328 e. The summed E-state index contributed by atoms with van der Waals surface area (Å²) in [5.74, 6) is -0.971. The van der Waals surface area contributed by atoms with E-state index < -0.39 is 5.97 Å². The van der Waals surface area contributed by atoms with E-state index >= 15 is 0 Å². The molecule has 0 fully saturated rings. The van der Waals surface area contributed by atoms with Crippen LogP contribution in [0.15, 0.2) is 28.7 Å². The lowest BCUT2D eigenvalue weighted by molar-refractivity contribution is -0.131. The molecule has 0 aliphatic carbocycles. The third-order valence-electron chi connectivity index (χ3n) is 2.87.